The first kappa shape index (κ1) is 15.3. The molecule has 19 heavy (non-hydrogen) atoms. The molecule has 1 heterocycles. The zero-order chi connectivity index (χ0) is 14.0. The third-order valence-electron chi connectivity index (χ3n) is 2.80. The van der Waals surface area contributed by atoms with Gasteiger partial charge in [0.2, 0.25) is 0 Å². The first-order valence-corrected chi connectivity index (χ1v) is 8.33. The van der Waals surface area contributed by atoms with Gasteiger partial charge in [-0.3, -0.25) is 0 Å². The van der Waals surface area contributed by atoms with E-state index in [1.165, 1.54) is 22.5 Å². The molecule has 0 fully saturated rings. The van der Waals surface area contributed by atoms with Gasteiger partial charge in [0.1, 0.15) is 0 Å². The number of rotatable bonds is 4. The fraction of sp³-hybridized carbons (Fsp3) is 0.286. The molecule has 0 radical (unpaired) electrons. The molecule has 0 aliphatic heterocycles. The topological polar surface area (TPSA) is 12.0 Å². The first-order valence-electron chi connectivity index (χ1n) is 5.96. The molecule has 5 heteroatoms. The molecular weight excluding hydrogens is 365 g/mol. The lowest BCUT2D eigenvalue weighted by atomic mass is 9.99. The maximum atomic E-state index is 6.29. The SMILES string of the molecule is CCNC(c1cc(C)cc(Br)c1)c1cc(Cl)sc1Cl. The van der Waals surface area contributed by atoms with Crippen LogP contribution in [0.25, 0.3) is 0 Å². The van der Waals surface area contributed by atoms with Crippen molar-refractivity contribution in [2.45, 2.75) is 19.9 Å². The molecule has 1 atom stereocenters. The van der Waals surface area contributed by atoms with E-state index in [0.717, 1.165) is 25.3 Å². The van der Waals surface area contributed by atoms with Gasteiger partial charge in [0.25, 0.3) is 0 Å². The second kappa shape index (κ2) is 6.59. The number of hydrogen-bond acceptors (Lipinski definition) is 2. The number of hydrogen-bond donors (Lipinski definition) is 1. The van der Waals surface area contributed by atoms with Crippen LogP contribution in [-0.2, 0) is 0 Å². The lowest BCUT2D eigenvalue weighted by molar-refractivity contribution is 0.632. The Morgan fingerprint density at radius 2 is 2.00 bits per heavy atom. The Morgan fingerprint density at radius 1 is 1.26 bits per heavy atom. The highest BCUT2D eigenvalue weighted by molar-refractivity contribution is 9.10. The molecule has 1 aromatic carbocycles. The molecule has 0 bridgehead atoms. The zero-order valence-electron chi connectivity index (χ0n) is 10.6. The van der Waals surface area contributed by atoms with Crippen molar-refractivity contribution in [3.63, 3.8) is 0 Å². The van der Waals surface area contributed by atoms with E-state index < -0.39 is 0 Å². The zero-order valence-corrected chi connectivity index (χ0v) is 14.6. The van der Waals surface area contributed by atoms with Crippen LogP contribution in [-0.4, -0.2) is 6.54 Å². The molecule has 0 saturated heterocycles. The van der Waals surface area contributed by atoms with Gasteiger partial charge in [-0.05, 0) is 42.8 Å². The van der Waals surface area contributed by atoms with Gasteiger partial charge in [-0.25, -0.2) is 0 Å². The predicted octanol–water partition coefficient (Wildman–Crippen LogP) is 5.82. The summed E-state index contributed by atoms with van der Waals surface area (Å²) in [5.41, 5.74) is 3.44. The number of nitrogens with one attached hydrogen (secondary N) is 1. The van der Waals surface area contributed by atoms with E-state index in [-0.39, 0.29) is 6.04 Å². The highest BCUT2D eigenvalue weighted by atomic mass is 79.9. The fourth-order valence-corrected chi connectivity index (χ4v) is 4.25. The van der Waals surface area contributed by atoms with Gasteiger partial charge in [-0.15, -0.1) is 11.3 Å². The summed E-state index contributed by atoms with van der Waals surface area (Å²) >= 11 is 17.3. The van der Waals surface area contributed by atoms with Crippen molar-refractivity contribution < 1.29 is 0 Å². The Balaban J connectivity index is 2.47. The van der Waals surface area contributed by atoms with Crippen LogP contribution in [0.3, 0.4) is 0 Å². The summed E-state index contributed by atoms with van der Waals surface area (Å²) < 4.78 is 2.53. The molecule has 0 saturated carbocycles. The second-order valence-corrected chi connectivity index (χ2v) is 7.53. The molecule has 0 aliphatic carbocycles. The third-order valence-corrected chi connectivity index (χ3v) is 4.78. The Bertz CT molecular complexity index is 563. The van der Waals surface area contributed by atoms with Crippen molar-refractivity contribution >= 4 is 50.5 Å². The van der Waals surface area contributed by atoms with Crippen LogP contribution in [0.15, 0.2) is 28.7 Å². The van der Waals surface area contributed by atoms with Gasteiger partial charge >= 0.3 is 0 Å². The summed E-state index contributed by atoms with van der Waals surface area (Å²) in [6.07, 6.45) is 0. The first-order chi connectivity index (χ1) is 9.01. The highest BCUT2D eigenvalue weighted by Gasteiger charge is 2.19. The highest BCUT2D eigenvalue weighted by Crippen LogP contribution is 2.38. The molecule has 2 aromatic rings. The van der Waals surface area contributed by atoms with Crippen LogP contribution >= 0.6 is 50.5 Å². The molecule has 0 aliphatic rings. The summed E-state index contributed by atoms with van der Waals surface area (Å²) in [5.74, 6) is 0. The average Bonchev–Trinajstić information content (AvgIpc) is 2.64. The standard InChI is InChI=1S/C14H14BrCl2NS/c1-3-18-13(11-7-12(16)19-14(11)17)9-4-8(2)5-10(15)6-9/h4-7,13,18H,3H2,1-2H3. The maximum Gasteiger partial charge on any atom is 0.0995 e. The Kier molecular flexibility index (Phi) is 5.32. The van der Waals surface area contributed by atoms with Crippen LogP contribution < -0.4 is 5.32 Å². The molecular formula is C14H14BrCl2NS. The smallest absolute Gasteiger partial charge is 0.0995 e. The molecule has 1 aromatic heterocycles. The third kappa shape index (κ3) is 3.73. The summed E-state index contributed by atoms with van der Waals surface area (Å²) in [6, 6.07) is 8.38. The fourth-order valence-electron chi connectivity index (χ4n) is 2.09. The lowest BCUT2D eigenvalue weighted by Crippen LogP contribution is -2.21. The minimum atomic E-state index is 0.0671. The monoisotopic (exact) mass is 377 g/mol. The molecule has 1 N–H and O–H groups in total. The van der Waals surface area contributed by atoms with E-state index in [9.17, 15) is 0 Å². The van der Waals surface area contributed by atoms with Crippen LogP contribution in [0, 0.1) is 6.92 Å². The maximum absolute atomic E-state index is 6.29. The van der Waals surface area contributed by atoms with E-state index in [0.29, 0.717) is 0 Å². The van der Waals surface area contributed by atoms with Gasteiger partial charge in [-0.1, -0.05) is 52.1 Å². The van der Waals surface area contributed by atoms with Crippen molar-refractivity contribution in [1.29, 1.82) is 0 Å². The van der Waals surface area contributed by atoms with E-state index in [4.69, 9.17) is 23.2 Å². The summed E-state index contributed by atoms with van der Waals surface area (Å²) in [4.78, 5) is 0. The van der Waals surface area contributed by atoms with Crippen molar-refractivity contribution in [3.05, 3.63) is 54.1 Å². The van der Waals surface area contributed by atoms with E-state index in [2.05, 4.69) is 53.3 Å². The number of aryl methyl sites for hydroxylation is 1. The molecule has 0 amide bonds. The lowest BCUT2D eigenvalue weighted by Gasteiger charge is -2.19. The summed E-state index contributed by atoms with van der Waals surface area (Å²) in [5, 5.41) is 3.47. The molecule has 0 spiro atoms. The molecule has 2 rings (SSSR count). The van der Waals surface area contributed by atoms with Crippen molar-refractivity contribution in [1.82, 2.24) is 5.32 Å². The van der Waals surface area contributed by atoms with Crippen LogP contribution in [0.5, 0.6) is 0 Å². The van der Waals surface area contributed by atoms with E-state index in [1.807, 2.05) is 6.07 Å². The Morgan fingerprint density at radius 3 is 2.53 bits per heavy atom. The van der Waals surface area contributed by atoms with Gasteiger partial charge in [0.05, 0.1) is 14.7 Å². The molecule has 102 valence electrons. The normalized spacial score (nSPS) is 12.7. The van der Waals surface area contributed by atoms with Crippen molar-refractivity contribution in [3.8, 4) is 0 Å². The van der Waals surface area contributed by atoms with E-state index in [1.54, 1.807) is 0 Å². The van der Waals surface area contributed by atoms with Crippen LogP contribution in [0.1, 0.15) is 29.7 Å². The van der Waals surface area contributed by atoms with E-state index >= 15 is 0 Å². The average molecular weight is 379 g/mol. The quantitative estimate of drug-likeness (QED) is 0.706. The second-order valence-electron chi connectivity index (χ2n) is 4.33. The van der Waals surface area contributed by atoms with Gasteiger partial charge < -0.3 is 5.32 Å². The number of benzene rings is 1. The van der Waals surface area contributed by atoms with Gasteiger partial charge in [0.15, 0.2) is 0 Å². The van der Waals surface area contributed by atoms with Crippen LogP contribution in [0.4, 0.5) is 0 Å². The van der Waals surface area contributed by atoms with Crippen molar-refractivity contribution in [2.75, 3.05) is 6.54 Å². The summed E-state index contributed by atoms with van der Waals surface area (Å²) in [7, 11) is 0. The van der Waals surface area contributed by atoms with Gasteiger partial charge in [-0.2, -0.15) is 0 Å². The minimum Gasteiger partial charge on any atom is -0.306 e. The Labute approximate surface area is 136 Å². The largest absolute Gasteiger partial charge is 0.306 e. The summed E-state index contributed by atoms with van der Waals surface area (Å²) in [6.45, 7) is 5.03. The number of thiophene rings is 1. The van der Waals surface area contributed by atoms with Crippen LogP contribution in [0.2, 0.25) is 8.67 Å². The van der Waals surface area contributed by atoms with Gasteiger partial charge in [0, 0.05) is 10.0 Å². The Hall–Kier alpha value is -0.0600. The molecule has 1 nitrogen and oxygen atoms in total. The predicted molar refractivity (Wildman–Crippen MR) is 88.7 cm³/mol. The number of halogens is 3. The molecule has 1 unspecified atom stereocenters. The minimum absolute atomic E-state index is 0.0671. The van der Waals surface area contributed by atoms with Crippen molar-refractivity contribution in [2.24, 2.45) is 0 Å².